The molecule has 1 aliphatic heterocycles. The summed E-state index contributed by atoms with van der Waals surface area (Å²) in [6, 6.07) is 10.1. The third-order valence-corrected chi connectivity index (χ3v) is 8.21. The third-order valence-electron chi connectivity index (χ3n) is 4.15. The Kier molecular flexibility index (Phi) is 6.15. The molecule has 1 fully saturated rings. The molecular formula is C18H20N2O4S3. The zero-order valence-corrected chi connectivity index (χ0v) is 17.5. The molecule has 0 aliphatic carbocycles. The van der Waals surface area contributed by atoms with Crippen LogP contribution in [0.25, 0.3) is 0 Å². The van der Waals surface area contributed by atoms with Crippen molar-refractivity contribution in [2.24, 2.45) is 0 Å². The van der Waals surface area contributed by atoms with Crippen molar-refractivity contribution in [1.29, 1.82) is 0 Å². The van der Waals surface area contributed by atoms with E-state index in [0.717, 1.165) is 27.5 Å². The second-order valence-electron chi connectivity index (χ2n) is 6.33. The molecule has 27 heavy (non-hydrogen) atoms. The van der Waals surface area contributed by atoms with Gasteiger partial charge in [0.2, 0.25) is 10.0 Å². The summed E-state index contributed by atoms with van der Waals surface area (Å²) >= 11 is 3.03. The van der Waals surface area contributed by atoms with Gasteiger partial charge in [-0.3, -0.25) is 10.1 Å². The lowest BCUT2D eigenvalue weighted by Gasteiger charge is -2.26. The van der Waals surface area contributed by atoms with Crippen LogP contribution in [0.4, 0.5) is 5.69 Å². The van der Waals surface area contributed by atoms with E-state index in [1.54, 1.807) is 11.8 Å². The smallest absolute Gasteiger partial charge is 0.258 e. The van der Waals surface area contributed by atoms with E-state index >= 15 is 0 Å². The average Bonchev–Trinajstić information content (AvgIpc) is 2.61. The molecule has 9 heteroatoms. The summed E-state index contributed by atoms with van der Waals surface area (Å²) in [6.07, 6.45) is 0. The maximum Gasteiger partial charge on any atom is 0.270 e. The fraction of sp³-hybridized carbons (Fsp3) is 0.333. The van der Waals surface area contributed by atoms with Crippen LogP contribution in [0.15, 0.2) is 51.1 Å². The summed E-state index contributed by atoms with van der Waals surface area (Å²) in [4.78, 5) is 12.1. The van der Waals surface area contributed by atoms with Gasteiger partial charge in [0.05, 0.1) is 4.92 Å². The number of non-ortho nitro benzene ring substituents is 1. The summed E-state index contributed by atoms with van der Waals surface area (Å²) in [5.41, 5.74) is 1.94. The first kappa shape index (κ1) is 20.2. The van der Waals surface area contributed by atoms with Gasteiger partial charge >= 0.3 is 0 Å². The quantitative estimate of drug-likeness (QED) is 0.531. The number of hydrogen-bond donors (Lipinski definition) is 0. The maximum absolute atomic E-state index is 13.2. The number of nitro groups is 1. The van der Waals surface area contributed by atoms with E-state index < -0.39 is 14.9 Å². The molecule has 0 spiro atoms. The van der Waals surface area contributed by atoms with Crippen LogP contribution in [0.1, 0.15) is 11.1 Å². The predicted octanol–water partition coefficient (Wildman–Crippen LogP) is 4.10. The second-order valence-corrected chi connectivity index (χ2v) is 10.6. The molecule has 0 unspecified atom stereocenters. The minimum atomic E-state index is -3.79. The monoisotopic (exact) mass is 424 g/mol. The van der Waals surface area contributed by atoms with Crippen molar-refractivity contribution >= 4 is 39.2 Å². The van der Waals surface area contributed by atoms with Crippen LogP contribution in [0.3, 0.4) is 0 Å². The van der Waals surface area contributed by atoms with Crippen molar-refractivity contribution in [3.05, 3.63) is 57.6 Å². The normalized spacial score (nSPS) is 15.6. The van der Waals surface area contributed by atoms with E-state index in [-0.39, 0.29) is 10.6 Å². The number of aryl methyl sites for hydroxylation is 2. The van der Waals surface area contributed by atoms with Gasteiger partial charge in [0.15, 0.2) is 0 Å². The Labute approximate surface area is 167 Å². The first-order chi connectivity index (χ1) is 12.8. The van der Waals surface area contributed by atoms with Gasteiger partial charge in [-0.25, -0.2) is 8.42 Å². The molecule has 1 saturated heterocycles. The topological polar surface area (TPSA) is 80.5 Å². The molecule has 0 radical (unpaired) electrons. The lowest BCUT2D eigenvalue weighted by atomic mass is 10.2. The van der Waals surface area contributed by atoms with Crippen LogP contribution >= 0.6 is 23.5 Å². The highest BCUT2D eigenvalue weighted by molar-refractivity contribution is 8.00. The minimum Gasteiger partial charge on any atom is -0.258 e. The number of nitro benzene ring substituents is 1. The first-order valence-corrected chi connectivity index (χ1v) is 11.8. The highest BCUT2D eigenvalue weighted by Crippen LogP contribution is 2.37. The Morgan fingerprint density at radius 1 is 1.07 bits per heavy atom. The van der Waals surface area contributed by atoms with Gasteiger partial charge in [-0.15, -0.1) is 0 Å². The highest BCUT2D eigenvalue weighted by atomic mass is 32.2. The lowest BCUT2D eigenvalue weighted by Crippen LogP contribution is -2.38. The van der Waals surface area contributed by atoms with Gasteiger partial charge in [0.25, 0.3) is 5.69 Å². The number of sulfonamides is 1. The van der Waals surface area contributed by atoms with Crippen LogP contribution in [0, 0.1) is 24.0 Å². The molecular weight excluding hydrogens is 404 g/mol. The number of nitrogens with zero attached hydrogens (tertiary/aromatic N) is 2. The molecule has 2 aromatic rings. The predicted molar refractivity (Wildman–Crippen MR) is 109 cm³/mol. The largest absolute Gasteiger partial charge is 0.270 e. The first-order valence-electron chi connectivity index (χ1n) is 8.40. The van der Waals surface area contributed by atoms with Gasteiger partial charge in [0, 0.05) is 46.5 Å². The van der Waals surface area contributed by atoms with Crippen molar-refractivity contribution < 1.29 is 13.3 Å². The van der Waals surface area contributed by atoms with Crippen molar-refractivity contribution in [3.8, 4) is 0 Å². The van der Waals surface area contributed by atoms with Crippen molar-refractivity contribution in [3.63, 3.8) is 0 Å². The Balaban J connectivity index is 2.06. The molecule has 0 amide bonds. The molecule has 0 aromatic heterocycles. The number of hydrogen-bond acceptors (Lipinski definition) is 6. The summed E-state index contributed by atoms with van der Waals surface area (Å²) in [5, 5.41) is 11.2. The zero-order valence-electron chi connectivity index (χ0n) is 15.0. The summed E-state index contributed by atoms with van der Waals surface area (Å²) < 4.78 is 27.8. The number of benzene rings is 2. The summed E-state index contributed by atoms with van der Waals surface area (Å²) in [5.74, 6) is 1.46. The van der Waals surface area contributed by atoms with E-state index in [2.05, 4.69) is 0 Å². The Morgan fingerprint density at radius 2 is 1.70 bits per heavy atom. The second kappa shape index (κ2) is 8.22. The van der Waals surface area contributed by atoms with Crippen LogP contribution in [0.5, 0.6) is 0 Å². The SMILES string of the molecule is Cc1cc(C)cc(Sc2ccc([N+](=O)[O-])cc2S(=O)(=O)N2CCSCC2)c1. The van der Waals surface area contributed by atoms with E-state index in [1.807, 2.05) is 32.0 Å². The van der Waals surface area contributed by atoms with Gasteiger partial charge in [-0.2, -0.15) is 16.1 Å². The average molecular weight is 425 g/mol. The zero-order chi connectivity index (χ0) is 19.6. The molecule has 0 atom stereocenters. The van der Waals surface area contributed by atoms with Crippen molar-refractivity contribution in [2.75, 3.05) is 24.6 Å². The third kappa shape index (κ3) is 4.66. The van der Waals surface area contributed by atoms with Gasteiger partial charge in [-0.05, 0) is 43.2 Å². The van der Waals surface area contributed by atoms with Crippen LogP contribution in [-0.2, 0) is 10.0 Å². The van der Waals surface area contributed by atoms with E-state index in [0.29, 0.717) is 18.0 Å². The number of thioether (sulfide) groups is 1. The van der Waals surface area contributed by atoms with Gasteiger partial charge in [0.1, 0.15) is 4.90 Å². The highest BCUT2D eigenvalue weighted by Gasteiger charge is 2.30. The Morgan fingerprint density at radius 3 is 2.30 bits per heavy atom. The van der Waals surface area contributed by atoms with Crippen LogP contribution in [0.2, 0.25) is 0 Å². The van der Waals surface area contributed by atoms with E-state index in [1.165, 1.54) is 34.3 Å². The maximum atomic E-state index is 13.2. The Bertz CT molecular complexity index is 950. The van der Waals surface area contributed by atoms with Crippen molar-refractivity contribution in [1.82, 2.24) is 4.31 Å². The van der Waals surface area contributed by atoms with E-state index in [9.17, 15) is 18.5 Å². The lowest BCUT2D eigenvalue weighted by molar-refractivity contribution is -0.385. The molecule has 6 nitrogen and oxygen atoms in total. The molecule has 144 valence electrons. The molecule has 0 N–H and O–H groups in total. The molecule has 0 saturated carbocycles. The fourth-order valence-corrected chi connectivity index (χ4v) is 7.09. The summed E-state index contributed by atoms with van der Waals surface area (Å²) in [6.45, 7) is 4.80. The van der Waals surface area contributed by atoms with E-state index in [4.69, 9.17) is 0 Å². The molecule has 3 rings (SSSR count). The number of rotatable bonds is 5. The fourth-order valence-electron chi connectivity index (χ4n) is 2.94. The standard InChI is InChI=1S/C18H20N2O4S3/c1-13-9-14(2)11-16(10-13)26-17-4-3-15(20(21)22)12-18(17)27(23,24)19-5-7-25-8-6-19/h3-4,9-12H,5-8H2,1-2H3. The molecule has 2 aromatic carbocycles. The molecule has 1 heterocycles. The molecule has 1 aliphatic rings. The summed E-state index contributed by atoms with van der Waals surface area (Å²) in [7, 11) is -3.79. The molecule has 0 bridgehead atoms. The van der Waals surface area contributed by atoms with Gasteiger partial charge < -0.3 is 0 Å². The van der Waals surface area contributed by atoms with Crippen LogP contribution < -0.4 is 0 Å². The van der Waals surface area contributed by atoms with Crippen LogP contribution in [-0.4, -0.2) is 42.2 Å². The van der Waals surface area contributed by atoms with Crippen molar-refractivity contribution in [2.45, 2.75) is 28.5 Å². The van der Waals surface area contributed by atoms with Gasteiger partial charge in [-0.1, -0.05) is 17.8 Å². The minimum absolute atomic E-state index is 0.00718. The Hall–Kier alpha value is -1.55.